The Morgan fingerprint density at radius 1 is 1.42 bits per heavy atom. The number of hydrogen-bond acceptors (Lipinski definition) is 5. The smallest absolute Gasteiger partial charge is 0.142 e. The summed E-state index contributed by atoms with van der Waals surface area (Å²) >= 11 is 0. The average Bonchev–Trinajstić information content (AvgIpc) is 3.05. The number of piperidine rings is 1. The van der Waals surface area contributed by atoms with E-state index in [-0.39, 0.29) is 0 Å². The molecule has 1 aliphatic rings. The molecule has 0 aliphatic carbocycles. The topological polar surface area (TPSA) is 77.8 Å². The van der Waals surface area contributed by atoms with Crippen LogP contribution < -0.4 is 4.74 Å². The van der Waals surface area contributed by atoms with E-state index in [0.29, 0.717) is 24.1 Å². The predicted molar refractivity (Wildman–Crippen MR) is 101 cm³/mol. The van der Waals surface area contributed by atoms with Crippen LogP contribution in [-0.2, 0) is 0 Å². The number of H-pyrrole nitrogens is 1. The fourth-order valence-electron chi connectivity index (χ4n) is 3.80. The van der Waals surface area contributed by atoms with Crippen molar-refractivity contribution in [2.45, 2.75) is 20.3 Å². The molecular weight excluding hydrogens is 326 g/mol. The number of hydrogen-bond donors (Lipinski definition) is 1. The van der Waals surface area contributed by atoms with Gasteiger partial charge in [0.25, 0.3) is 0 Å². The van der Waals surface area contributed by atoms with E-state index >= 15 is 0 Å². The molecule has 0 saturated carbocycles. The first-order valence-electron chi connectivity index (χ1n) is 9.21. The SMILES string of the molecule is CCN1CCC(C)C(COc2ccnc3[nH]c4cnc(C#N)cc4c23)C1. The third kappa shape index (κ3) is 2.99. The molecule has 1 N–H and O–H groups in total. The van der Waals surface area contributed by atoms with E-state index in [1.54, 1.807) is 18.5 Å². The minimum absolute atomic E-state index is 0.396. The molecule has 6 nitrogen and oxygen atoms in total. The maximum absolute atomic E-state index is 9.15. The summed E-state index contributed by atoms with van der Waals surface area (Å²) in [5.41, 5.74) is 2.03. The van der Waals surface area contributed by atoms with Gasteiger partial charge in [0.1, 0.15) is 23.2 Å². The van der Waals surface area contributed by atoms with Crippen molar-refractivity contribution in [2.24, 2.45) is 11.8 Å². The van der Waals surface area contributed by atoms with Crippen molar-refractivity contribution in [3.63, 3.8) is 0 Å². The highest BCUT2D eigenvalue weighted by Crippen LogP contribution is 2.33. The number of nitrogens with zero attached hydrogens (tertiary/aromatic N) is 4. The summed E-state index contributed by atoms with van der Waals surface area (Å²) in [7, 11) is 0. The summed E-state index contributed by atoms with van der Waals surface area (Å²) < 4.78 is 6.27. The van der Waals surface area contributed by atoms with Crippen molar-refractivity contribution in [2.75, 3.05) is 26.2 Å². The number of nitrogens with one attached hydrogen (secondary N) is 1. The molecule has 1 saturated heterocycles. The second-order valence-electron chi connectivity index (χ2n) is 7.11. The molecule has 3 aromatic heterocycles. The molecule has 2 atom stereocenters. The van der Waals surface area contributed by atoms with Crippen LogP contribution in [0.2, 0.25) is 0 Å². The standard InChI is InChI=1S/C20H23N5O/c1-3-25-7-5-13(2)14(11-25)12-26-18-4-6-22-20-19(18)16-8-15(9-21)23-10-17(16)24-20/h4,6,8,10,13-14H,3,5,7,11-12H2,1-2H3,(H,22,24). The van der Waals surface area contributed by atoms with Gasteiger partial charge in [-0.05, 0) is 37.6 Å². The number of aromatic amines is 1. The Kier molecular flexibility index (Phi) is 4.48. The number of nitriles is 1. The second kappa shape index (κ2) is 6.93. The molecule has 3 aromatic rings. The molecule has 0 radical (unpaired) electrons. The van der Waals surface area contributed by atoms with Crippen molar-refractivity contribution in [1.82, 2.24) is 19.9 Å². The molecule has 0 bridgehead atoms. The van der Waals surface area contributed by atoms with Gasteiger partial charge in [-0.25, -0.2) is 9.97 Å². The van der Waals surface area contributed by atoms with Gasteiger partial charge in [-0.3, -0.25) is 0 Å². The Morgan fingerprint density at radius 3 is 3.12 bits per heavy atom. The van der Waals surface area contributed by atoms with E-state index in [1.165, 1.54) is 13.0 Å². The highest BCUT2D eigenvalue weighted by molar-refractivity contribution is 6.09. The summed E-state index contributed by atoms with van der Waals surface area (Å²) in [5.74, 6) is 2.00. The number of ether oxygens (including phenoxy) is 1. The zero-order valence-corrected chi connectivity index (χ0v) is 15.2. The van der Waals surface area contributed by atoms with E-state index in [0.717, 1.165) is 40.8 Å². The van der Waals surface area contributed by atoms with Crippen molar-refractivity contribution < 1.29 is 4.74 Å². The third-order valence-corrected chi connectivity index (χ3v) is 5.55. The van der Waals surface area contributed by atoms with E-state index < -0.39 is 0 Å². The van der Waals surface area contributed by atoms with Crippen LogP contribution in [0.25, 0.3) is 21.9 Å². The molecule has 1 fully saturated rings. The first kappa shape index (κ1) is 16.8. The summed E-state index contributed by atoms with van der Waals surface area (Å²) in [4.78, 5) is 14.3. The third-order valence-electron chi connectivity index (χ3n) is 5.55. The van der Waals surface area contributed by atoms with E-state index in [2.05, 4.69) is 39.8 Å². The van der Waals surface area contributed by atoms with E-state index in [9.17, 15) is 0 Å². The van der Waals surface area contributed by atoms with Crippen molar-refractivity contribution in [1.29, 1.82) is 5.26 Å². The number of likely N-dealkylation sites (tertiary alicyclic amines) is 1. The van der Waals surface area contributed by atoms with Crippen molar-refractivity contribution in [3.8, 4) is 11.8 Å². The lowest BCUT2D eigenvalue weighted by molar-refractivity contribution is 0.0928. The van der Waals surface area contributed by atoms with Crippen LogP contribution >= 0.6 is 0 Å². The first-order chi connectivity index (χ1) is 12.7. The second-order valence-corrected chi connectivity index (χ2v) is 7.11. The lowest BCUT2D eigenvalue weighted by Crippen LogP contribution is -2.41. The summed E-state index contributed by atoms with van der Waals surface area (Å²) in [5, 5.41) is 11.0. The van der Waals surface area contributed by atoms with Gasteiger partial charge in [-0.1, -0.05) is 13.8 Å². The van der Waals surface area contributed by atoms with Crippen LogP contribution in [-0.4, -0.2) is 46.1 Å². The van der Waals surface area contributed by atoms with Crippen LogP contribution in [0.5, 0.6) is 5.75 Å². The van der Waals surface area contributed by atoms with Gasteiger partial charge in [-0.2, -0.15) is 5.26 Å². The van der Waals surface area contributed by atoms with Crippen molar-refractivity contribution >= 4 is 21.9 Å². The zero-order chi connectivity index (χ0) is 18.1. The Bertz CT molecular complexity index is 973. The van der Waals surface area contributed by atoms with Gasteiger partial charge in [0.05, 0.1) is 23.7 Å². The molecule has 0 aromatic carbocycles. The van der Waals surface area contributed by atoms with Gasteiger partial charge in [0.2, 0.25) is 0 Å². The first-order valence-corrected chi connectivity index (χ1v) is 9.21. The van der Waals surface area contributed by atoms with Gasteiger partial charge >= 0.3 is 0 Å². The number of aromatic nitrogens is 3. The highest BCUT2D eigenvalue weighted by Gasteiger charge is 2.26. The fourth-order valence-corrected chi connectivity index (χ4v) is 3.80. The molecule has 6 heteroatoms. The average molecular weight is 349 g/mol. The maximum Gasteiger partial charge on any atom is 0.142 e. The number of rotatable bonds is 4. The largest absolute Gasteiger partial charge is 0.492 e. The highest BCUT2D eigenvalue weighted by atomic mass is 16.5. The van der Waals surface area contributed by atoms with Crippen LogP contribution in [0.15, 0.2) is 24.5 Å². The van der Waals surface area contributed by atoms with Crippen LogP contribution in [0, 0.1) is 23.2 Å². The minimum Gasteiger partial charge on any atom is -0.492 e. The summed E-state index contributed by atoms with van der Waals surface area (Å²) in [6, 6.07) is 5.81. The van der Waals surface area contributed by atoms with Crippen LogP contribution in [0.3, 0.4) is 0 Å². The van der Waals surface area contributed by atoms with Crippen LogP contribution in [0.1, 0.15) is 26.0 Å². The van der Waals surface area contributed by atoms with Crippen LogP contribution in [0.4, 0.5) is 0 Å². The zero-order valence-electron chi connectivity index (χ0n) is 15.2. The van der Waals surface area contributed by atoms with Crippen molar-refractivity contribution in [3.05, 3.63) is 30.2 Å². The fraction of sp³-hybridized carbons (Fsp3) is 0.450. The molecule has 2 unspecified atom stereocenters. The number of fused-ring (bicyclic) bond motifs is 3. The maximum atomic E-state index is 9.15. The minimum atomic E-state index is 0.396. The van der Waals surface area contributed by atoms with Gasteiger partial charge in [0, 0.05) is 24.0 Å². The Morgan fingerprint density at radius 2 is 2.31 bits per heavy atom. The molecule has 0 spiro atoms. The Balaban J connectivity index is 1.65. The normalized spacial score (nSPS) is 21.1. The Hall–Kier alpha value is -2.65. The molecule has 4 heterocycles. The van der Waals surface area contributed by atoms with E-state index in [1.807, 2.05) is 6.07 Å². The Labute approximate surface area is 152 Å². The predicted octanol–water partition coefficient (Wildman–Crippen LogP) is 3.34. The molecule has 4 rings (SSSR count). The monoisotopic (exact) mass is 349 g/mol. The van der Waals surface area contributed by atoms with Gasteiger partial charge in [0.15, 0.2) is 0 Å². The lowest BCUT2D eigenvalue weighted by atomic mass is 9.87. The van der Waals surface area contributed by atoms with Gasteiger partial charge in [-0.15, -0.1) is 0 Å². The van der Waals surface area contributed by atoms with E-state index in [4.69, 9.17) is 10.00 Å². The van der Waals surface area contributed by atoms with Gasteiger partial charge < -0.3 is 14.6 Å². The summed E-state index contributed by atoms with van der Waals surface area (Å²) in [6.45, 7) is 8.59. The summed E-state index contributed by atoms with van der Waals surface area (Å²) in [6.07, 6.45) is 4.66. The number of pyridine rings is 2. The molecular formula is C20H23N5O. The lowest BCUT2D eigenvalue weighted by Gasteiger charge is -2.36. The molecule has 0 amide bonds. The molecule has 26 heavy (non-hydrogen) atoms. The quantitative estimate of drug-likeness (QED) is 0.781. The molecule has 1 aliphatic heterocycles. The molecule has 134 valence electrons.